The minimum atomic E-state index is 1.06. The Balaban J connectivity index is 2.38. The fourth-order valence-corrected chi connectivity index (χ4v) is 2.36. The molecule has 0 spiro atoms. The lowest BCUT2D eigenvalue weighted by atomic mass is 10.0. The maximum Gasteiger partial charge on any atom is 0.0743 e. The first kappa shape index (κ1) is 8.66. The van der Waals surface area contributed by atoms with E-state index >= 15 is 0 Å². The van der Waals surface area contributed by atoms with Crippen LogP contribution in [0.1, 0.15) is 25.0 Å². The minimum Gasteiger partial charge on any atom is -0.256 e. The van der Waals surface area contributed by atoms with E-state index in [1.165, 1.54) is 33.2 Å². The van der Waals surface area contributed by atoms with Gasteiger partial charge in [0.1, 0.15) is 0 Å². The van der Waals surface area contributed by atoms with Gasteiger partial charge in [0.25, 0.3) is 0 Å². The molecular weight excluding hydrogens is 182 g/mol. The number of hydrogen-bond donors (Lipinski definition) is 0. The zero-order chi connectivity index (χ0) is 10.4. The van der Waals surface area contributed by atoms with Crippen molar-refractivity contribution in [3.05, 3.63) is 47.2 Å². The topological polar surface area (TPSA) is 12.9 Å². The summed E-state index contributed by atoms with van der Waals surface area (Å²) >= 11 is 0. The van der Waals surface area contributed by atoms with Crippen LogP contribution < -0.4 is 0 Å². The van der Waals surface area contributed by atoms with E-state index in [4.69, 9.17) is 0 Å². The van der Waals surface area contributed by atoms with Crippen molar-refractivity contribution in [1.29, 1.82) is 0 Å². The monoisotopic (exact) mass is 195 g/mol. The lowest BCUT2D eigenvalue weighted by Crippen LogP contribution is -1.88. The number of hydrogen-bond acceptors (Lipinski definition) is 1. The molecule has 0 saturated heterocycles. The Bertz CT molecular complexity index is 579. The first-order chi connectivity index (χ1) is 7.27. The van der Waals surface area contributed by atoms with Gasteiger partial charge in [-0.1, -0.05) is 23.8 Å². The van der Waals surface area contributed by atoms with Crippen LogP contribution in [-0.4, -0.2) is 4.98 Å². The molecule has 1 aromatic heterocycles. The molecule has 0 bridgehead atoms. The number of nitrogens with zero attached hydrogens (tertiary/aromatic N) is 1. The highest BCUT2D eigenvalue weighted by atomic mass is 14.7. The standard InChI is InChI=1S/C14H13N/c1-9-8-13-12(10(9)2)6-5-11-4-3-7-15-14(11)13/h3-7H,8H2,1-2H3. The molecule has 1 aliphatic carbocycles. The molecule has 2 aromatic rings. The summed E-state index contributed by atoms with van der Waals surface area (Å²) in [6.45, 7) is 4.42. The summed E-state index contributed by atoms with van der Waals surface area (Å²) in [5.74, 6) is 0. The highest BCUT2D eigenvalue weighted by Gasteiger charge is 2.18. The Hall–Kier alpha value is -1.63. The predicted molar refractivity (Wildman–Crippen MR) is 63.7 cm³/mol. The van der Waals surface area contributed by atoms with Crippen molar-refractivity contribution in [2.24, 2.45) is 0 Å². The summed E-state index contributed by atoms with van der Waals surface area (Å²) in [6, 6.07) is 8.52. The van der Waals surface area contributed by atoms with E-state index in [0.717, 1.165) is 6.42 Å². The Morgan fingerprint density at radius 2 is 2.00 bits per heavy atom. The molecule has 3 rings (SSSR count). The molecule has 0 N–H and O–H groups in total. The first-order valence-electron chi connectivity index (χ1n) is 5.30. The first-order valence-corrected chi connectivity index (χ1v) is 5.30. The quantitative estimate of drug-likeness (QED) is 0.626. The Morgan fingerprint density at radius 1 is 1.13 bits per heavy atom. The van der Waals surface area contributed by atoms with E-state index in [0.29, 0.717) is 0 Å². The average Bonchev–Trinajstić information content (AvgIpc) is 2.56. The second-order valence-corrected chi connectivity index (χ2v) is 4.25. The van der Waals surface area contributed by atoms with Crippen LogP contribution in [0.25, 0.3) is 16.5 Å². The van der Waals surface area contributed by atoms with Crippen LogP contribution in [0.15, 0.2) is 36.0 Å². The van der Waals surface area contributed by atoms with E-state index in [9.17, 15) is 0 Å². The molecule has 0 radical (unpaired) electrons. The van der Waals surface area contributed by atoms with Gasteiger partial charge in [0, 0.05) is 11.6 Å². The normalized spacial score (nSPS) is 14.8. The van der Waals surface area contributed by atoms with Gasteiger partial charge >= 0.3 is 0 Å². The number of fused-ring (bicyclic) bond motifs is 3. The maximum absolute atomic E-state index is 4.50. The van der Waals surface area contributed by atoms with Crippen LogP contribution in [0, 0.1) is 0 Å². The van der Waals surface area contributed by atoms with Gasteiger partial charge in [-0.2, -0.15) is 0 Å². The fraction of sp³-hybridized carbons (Fsp3) is 0.214. The van der Waals surface area contributed by atoms with Gasteiger partial charge in [-0.3, -0.25) is 4.98 Å². The van der Waals surface area contributed by atoms with Gasteiger partial charge in [-0.05, 0) is 43.0 Å². The highest BCUT2D eigenvalue weighted by Crippen LogP contribution is 2.35. The van der Waals surface area contributed by atoms with Crippen molar-refractivity contribution in [2.75, 3.05) is 0 Å². The molecular formula is C14H13N. The van der Waals surface area contributed by atoms with Crippen LogP contribution in [0.2, 0.25) is 0 Å². The largest absolute Gasteiger partial charge is 0.256 e. The third-order valence-corrected chi connectivity index (χ3v) is 3.37. The highest BCUT2D eigenvalue weighted by molar-refractivity contribution is 5.90. The minimum absolute atomic E-state index is 1.06. The van der Waals surface area contributed by atoms with Gasteiger partial charge in [-0.15, -0.1) is 0 Å². The number of pyridine rings is 1. The molecule has 74 valence electrons. The van der Waals surface area contributed by atoms with Gasteiger partial charge in [0.15, 0.2) is 0 Å². The molecule has 0 unspecified atom stereocenters. The van der Waals surface area contributed by atoms with E-state index in [1.807, 2.05) is 12.3 Å². The Morgan fingerprint density at radius 3 is 2.87 bits per heavy atom. The summed E-state index contributed by atoms with van der Waals surface area (Å²) in [5, 5.41) is 1.25. The third kappa shape index (κ3) is 1.13. The summed E-state index contributed by atoms with van der Waals surface area (Å²) < 4.78 is 0. The molecule has 0 amide bonds. The van der Waals surface area contributed by atoms with E-state index in [2.05, 4.69) is 37.0 Å². The molecule has 0 saturated carbocycles. The van der Waals surface area contributed by atoms with E-state index in [1.54, 1.807) is 0 Å². The van der Waals surface area contributed by atoms with Gasteiger partial charge in [0.2, 0.25) is 0 Å². The molecule has 1 nitrogen and oxygen atoms in total. The van der Waals surface area contributed by atoms with Crippen molar-refractivity contribution >= 4 is 16.5 Å². The summed E-state index contributed by atoms with van der Waals surface area (Å²) in [4.78, 5) is 4.50. The SMILES string of the molecule is CC1=C(C)c2ccc3cccnc3c2C1. The lowest BCUT2D eigenvalue weighted by molar-refractivity contribution is 1.19. The third-order valence-electron chi connectivity index (χ3n) is 3.37. The van der Waals surface area contributed by atoms with Crippen molar-refractivity contribution in [3.63, 3.8) is 0 Å². The Labute approximate surface area is 89.5 Å². The van der Waals surface area contributed by atoms with Crippen LogP contribution in [-0.2, 0) is 6.42 Å². The van der Waals surface area contributed by atoms with Crippen molar-refractivity contribution in [3.8, 4) is 0 Å². The van der Waals surface area contributed by atoms with Gasteiger partial charge < -0.3 is 0 Å². The number of aromatic nitrogens is 1. The van der Waals surface area contributed by atoms with Crippen LogP contribution >= 0.6 is 0 Å². The molecule has 1 aromatic carbocycles. The fourth-order valence-electron chi connectivity index (χ4n) is 2.36. The van der Waals surface area contributed by atoms with Crippen molar-refractivity contribution < 1.29 is 0 Å². The summed E-state index contributed by atoms with van der Waals surface area (Å²) in [5.41, 5.74) is 6.87. The predicted octanol–water partition coefficient (Wildman–Crippen LogP) is 3.58. The molecule has 0 atom stereocenters. The second-order valence-electron chi connectivity index (χ2n) is 4.25. The van der Waals surface area contributed by atoms with E-state index in [-0.39, 0.29) is 0 Å². The molecule has 1 heteroatoms. The molecule has 1 heterocycles. The van der Waals surface area contributed by atoms with Gasteiger partial charge in [-0.25, -0.2) is 0 Å². The molecule has 15 heavy (non-hydrogen) atoms. The zero-order valence-electron chi connectivity index (χ0n) is 9.04. The molecule has 0 fully saturated rings. The average molecular weight is 195 g/mol. The molecule has 1 aliphatic rings. The van der Waals surface area contributed by atoms with Crippen LogP contribution in [0.5, 0.6) is 0 Å². The summed E-state index contributed by atoms with van der Waals surface area (Å²) in [6.07, 6.45) is 2.95. The summed E-state index contributed by atoms with van der Waals surface area (Å²) in [7, 11) is 0. The van der Waals surface area contributed by atoms with Crippen molar-refractivity contribution in [1.82, 2.24) is 4.98 Å². The van der Waals surface area contributed by atoms with Gasteiger partial charge in [0.05, 0.1) is 5.52 Å². The number of rotatable bonds is 0. The number of benzene rings is 1. The van der Waals surface area contributed by atoms with Crippen LogP contribution in [0.4, 0.5) is 0 Å². The molecule has 0 aliphatic heterocycles. The smallest absolute Gasteiger partial charge is 0.0743 e. The number of allylic oxidation sites excluding steroid dienone is 2. The Kier molecular flexibility index (Phi) is 1.69. The second kappa shape index (κ2) is 2.93. The van der Waals surface area contributed by atoms with Crippen LogP contribution in [0.3, 0.4) is 0 Å². The zero-order valence-corrected chi connectivity index (χ0v) is 9.04. The van der Waals surface area contributed by atoms with E-state index < -0.39 is 0 Å². The maximum atomic E-state index is 4.50. The lowest BCUT2D eigenvalue weighted by Gasteiger charge is -2.04. The van der Waals surface area contributed by atoms with Crippen molar-refractivity contribution in [2.45, 2.75) is 20.3 Å².